The van der Waals surface area contributed by atoms with Crippen LogP contribution in [0.1, 0.15) is 27.7 Å². The molecule has 4 rings (SSSR count). The molecule has 1 saturated heterocycles. The highest BCUT2D eigenvalue weighted by Crippen LogP contribution is 2.36. The molecule has 1 amide bonds. The van der Waals surface area contributed by atoms with Gasteiger partial charge in [-0.2, -0.15) is 4.31 Å². The second-order valence-electron chi connectivity index (χ2n) is 8.15. The van der Waals surface area contributed by atoms with E-state index in [2.05, 4.69) is 0 Å². The van der Waals surface area contributed by atoms with Gasteiger partial charge in [0.25, 0.3) is 5.91 Å². The van der Waals surface area contributed by atoms with Gasteiger partial charge in [0.05, 0.1) is 4.90 Å². The van der Waals surface area contributed by atoms with Crippen molar-refractivity contribution in [1.82, 2.24) is 9.21 Å². The Morgan fingerprint density at radius 2 is 1.50 bits per heavy atom. The third-order valence-electron chi connectivity index (χ3n) is 5.75. The van der Waals surface area contributed by atoms with Gasteiger partial charge < -0.3 is 9.80 Å². The molecule has 7 heteroatoms. The van der Waals surface area contributed by atoms with E-state index in [0.717, 1.165) is 16.8 Å². The Kier molecular flexibility index (Phi) is 6.04. The summed E-state index contributed by atoms with van der Waals surface area (Å²) in [7, 11) is 0.108. The molecule has 1 aliphatic heterocycles. The average molecular weight is 450 g/mol. The standard InChI is InChI=1S/C25H27N3O3S/c1-19-9-11-21(12-10-19)25(29)27-17-18-28(32(30,31)23-7-5-4-6-8-23)24(27)20-13-15-22(16-14-20)26(2)3/h4-16,24H,17-18H2,1-3H3/t24-/m0/s1. The quantitative estimate of drug-likeness (QED) is 0.593. The van der Waals surface area contributed by atoms with Gasteiger partial charge in [-0.05, 0) is 48.9 Å². The lowest BCUT2D eigenvalue weighted by Crippen LogP contribution is -2.38. The second kappa shape index (κ2) is 8.76. The van der Waals surface area contributed by atoms with E-state index in [1.54, 1.807) is 47.4 Å². The first-order valence-electron chi connectivity index (χ1n) is 10.5. The van der Waals surface area contributed by atoms with Gasteiger partial charge in [0.2, 0.25) is 10.0 Å². The Morgan fingerprint density at radius 1 is 0.875 bits per heavy atom. The van der Waals surface area contributed by atoms with Gasteiger partial charge in [-0.1, -0.05) is 48.0 Å². The number of aryl methyl sites for hydroxylation is 1. The van der Waals surface area contributed by atoms with Crippen molar-refractivity contribution in [1.29, 1.82) is 0 Å². The summed E-state index contributed by atoms with van der Waals surface area (Å²) in [5.41, 5.74) is 3.37. The third kappa shape index (κ3) is 4.13. The van der Waals surface area contributed by atoms with Crippen LogP contribution in [0.2, 0.25) is 0 Å². The van der Waals surface area contributed by atoms with Crippen LogP contribution in [0, 0.1) is 6.92 Å². The van der Waals surface area contributed by atoms with Crippen LogP contribution in [-0.4, -0.2) is 50.7 Å². The molecule has 0 unspecified atom stereocenters. The van der Waals surface area contributed by atoms with E-state index in [4.69, 9.17) is 0 Å². The van der Waals surface area contributed by atoms with Crippen molar-refractivity contribution in [3.8, 4) is 0 Å². The molecule has 0 aromatic heterocycles. The topological polar surface area (TPSA) is 60.9 Å². The van der Waals surface area contributed by atoms with Crippen LogP contribution in [-0.2, 0) is 10.0 Å². The molecule has 1 atom stereocenters. The largest absolute Gasteiger partial charge is 0.378 e. The van der Waals surface area contributed by atoms with Crippen LogP contribution in [0.5, 0.6) is 0 Å². The first-order chi connectivity index (χ1) is 15.3. The number of benzene rings is 3. The number of hydrogen-bond acceptors (Lipinski definition) is 4. The molecule has 1 fully saturated rings. The molecule has 1 heterocycles. The predicted molar refractivity (Wildman–Crippen MR) is 126 cm³/mol. The van der Waals surface area contributed by atoms with E-state index in [-0.39, 0.29) is 17.3 Å². The summed E-state index contributed by atoms with van der Waals surface area (Å²) >= 11 is 0. The number of amides is 1. The van der Waals surface area contributed by atoms with Crippen molar-refractivity contribution in [2.45, 2.75) is 18.0 Å². The smallest absolute Gasteiger partial charge is 0.255 e. The molecule has 0 spiro atoms. The summed E-state index contributed by atoms with van der Waals surface area (Å²) < 4.78 is 28.5. The van der Waals surface area contributed by atoms with Crippen LogP contribution in [0.15, 0.2) is 83.8 Å². The Hall–Kier alpha value is -3.16. The Morgan fingerprint density at radius 3 is 2.09 bits per heavy atom. The summed E-state index contributed by atoms with van der Waals surface area (Å²) in [5, 5.41) is 0. The normalized spacial score (nSPS) is 16.8. The molecule has 0 bridgehead atoms. The fourth-order valence-electron chi connectivity index (χ4n) is 3.95. The van der Waals surface area contributed by atoms with Gasteiger partial charge in [-0.25, -0.2) is 8.42 Å². The van der Waals surface area contributed by atoms with E-state index in [1.807, 2.05) is 62.3 Å². The molecule has 6 nitrogen and oxygen atoms in total. The monoisotopic (exact) mass is 449 g/mol. The highest BCUT2D eigenvalue weighted by molar-refractivity contribution is 7.89. The summed E-state index contributed by atoms with van der Waals surface area (Å²) in [5.74, 6) is -0.183. The molecular formula is C25H27N3O3S. The molecule has 166 valence electrons. The first-order valence-corrected chi connectivity index (χ1v) is 11.9. The number of carbonyl (C=O) groups is 1. The highest BCUT2D eigenvalue weighted by atomic mass is 32.2. The Labute approximate surface area is 189 Å². The highest BCUT2D eigenvalue weighted by Gasteiger charge is 2.43. The van der Waals surface area contributed by atoms with Crippen molar-refractivity contribution >= 4 is 21.6 Å². The van der Waals surface area contributed by atoms with E-state index < -0.39 is 16.2 Å². The number of nitrogens with zero attached hydrogens (tertiary/aromatic N) is 3. The molecule has 3 aromatic rings. The summed E-state index contributed by atoms with van der Waals surface area (Å²) in [6.45, 7) is 2.52. The lowest BCUT2D eigenvalue weighted by atomic mass is 10.1. The minimum absolute atomic E-state index is 0.183. The molecule has 0 aliphatic carbocycles. The zero-order chi connectivity index (χ0) is 22.9. The summed E-state index contributed by atoms with van der Waals surface area (Å²) in [6.07, 6.45) is -0.717. The lowest BCUT2D eigenvalue weighted by molar-refractivity contribution is 0.0693. The van der Waals surface area contributed by atoms with Gasteiger partial charge in [-0.3, -0.25) is 4.79 Å². The van der Waals surface area contributed by atoms with Crippen LogP contribution in [0.3, 0.4) is 0 Å². The van der Waals surface area contributed by atoms with Crippen LogP contribution in [0.25, 0.3) is 0 Å². The van der Waals surface area contributed by atoms with Crippen molar-refractivity contribution in [2.75, 3.05) is 32.1 Å². The first kappa shape index (κ1) is 22.0. The van der Waals surface area contributed by atoms with E-state index in [0.29, 0.717) is 12.1 Å². The van der Waals surface area contributed by atoms with E-state index in [9.17, 15) is 13.2 Å². The van der Waals surface area contributed by atoms with Gasteiger partial charge in [0, 0.05) is 38.4 Å². The van der Waals surface area contributed by atoms with Crippen molar-refractivity contribution in [3.05, 3.63) is 95.6 Å². The predicted octanol–water partition coefficient (Wildman–Crippen LogP) is 3.91. The van der Waals surface area contributed by atoms with E-state index >= 15 is 0 Å². The number of anilines is 1. The minimum atomic E-state index is -3.79. The Balaban J connectivity index is 1.77. The molecule has 32 heavy (non-hydrogen) atoms. The fourth-order valence-corrected chi connectivity index (χ4v) is 5.54. The van der Waals surface area contributed by atoms with Crippen molar-refractivity contribution in [3.63, 3.8) is 0 Å². The minimum Gasteiger partial charge on any atom is -0.378 e. The zero-order valence-electron chi connectivity index (χ0n) is 18.5. The number of carbonyl (C=O) groups excluding carboxylic acids is 1. The van der Waals surface area contributed by atoms with Crippen LogP contribution < -0.4 is 4.90 Å². The maximum atomic E-state index is 13.5. The molecule has 0 saturated carbocycles. The van der Waals surface area contributed by atoms with Gasteiger partial charge in [0.1, 0.15) is 6.17 Å². The average Bonchev–Trinajstić information content (AvgIpc) is 3.26. The second-order valence-corrected chi connectivity index (χ2v) is 10.0. The van der Waals surface area contributed by atoms with Gasteiger partial charge >= 0.3 is 0 Å². The summed E-state index contributed by atoms with van der Waals surface area (Å²) in [4.78, 5) is 17.3. The van der Waals surface area contributed by atoms with Crippen LogP contribution >= 0.6 is 0 Å². The third-order valence-corrected chi connectivity index (χ3v) is 7.61. The fraction of sp³-hybridized carbons (Fsp3) is 0.240. The SMILES string of the molecule is Cc1ccc(C(=O)N2CCN(S(=O)(=O)c3ccccc3)[C@H]2c2ccc(N(C)C)cc2)cc1. The molecule has 0 N–H and O–H groups in total. The molecule has 1 aliphatic rings. The van der Waals surface area contributed by atoms with Gasteiger partial charge in [-0.15, -0.1) is 0 Å². The van der Waals surface area contributed by atoms with Crippen LogP contribution in [0.4, 0.5) is 5.69 Å². The molecule has 0 radical (unpaired) electrons. The molecular weight excluding hydrogens is 422 g/mol. The Bertz CT molecular complexity index is 1190. The maximum Gasteiger partial charge on any atom is 0.255 e. The maximum absolute atomic E-state index is 13.5. The number of rotatable bonds is 5. The van der Waals surface area contributed by atoms with Gasteiger partial charge in [0.15, 0.2) is 0 Å². The number of sulfonamides is 1. The van der Waals surface area contributed by atoms with Crippen molar-refractivity contribution < 1.29 is 13.2 Å². The van der Waals surface area contributed by atoms with Crippen molar-refractivity contribution in [2.24, 2.45) is 0 Å². The lowest BCUT2D eigenvalue weighted by Gasteiger charge is -2.30. The number of hydrogen-bond donors (Lipinski definition) is 0. The summed E-state index contributed by atoms with van der Waals surface area (Å²) in [6, 6.07) is 23.4. The van der Waals surface area contributed by atoms with E-state index in [1.165, 1.54) is 4.31 Å². The molecule has 3 aromatic carbocycles. The zero-order valence-corrected chi connectivity index (χ0v) is 19.3.